The molecule has 2 unspecified atom stereocenters. The smallest absolute Gasteiger partial charge is 0.262 e. The van der Waals surface area contributed by atoms with Crippen LogP contribution < -0.4 is 10.6 Å². The largest absolute Gasteiger partial charge is 0.379 e. The summed E-state index contributed by atoms with van der Waals surface area (Å²) in [5.74, 6) is -0.263. The Morgan fingerprint density at radius 1 is 1.50 bits per heavy atom. The molecule has 7 heteroatoms. The highest BCUT2D eigenvalue weighted by molar-refractivity contribution is 6.27. The minimum absolute atomic E-state index is 0.0887. The van der Waals surface area contributed by atoms with Gasteiger partial charge in [0.1, 0.15) is 12.6 Å². The highest BCUT2D eigenvalue weighted by atomic mass is 16.3. The van der Waals surface area contributed by atoms with Crippen LogP contribution in [-0.4, -0.2) is 68.0 Å². The molecular formula is C11H23N5O2. The van der Waals surface area contributed by atoms with Crippen LogP contribution in [0.4, 0.5) is 0 Å². The molecule has 1 amide bonds. The van der Waals surface area contributed by atoms with Crippen LogP contribution in [0.1, 0.15) is 13.8 Å². The monoisotopic (exact) mass is 257 g/mol. The van der Waals surface area contributed by atoms with E-state index in [1.165, 1.54) is 13.4 Å². The molecule has 2 atom stereocenters. The number of carbonyl (C=O) groups is 1. The number of amides is 1. The number of aliphatic imine (C=N–C) groups is 2. The number of nitrogens with zero attached hydrogens (tertiary/aromatic N) is 3. The third kappa shape index (κ3) is 8.80. The predicted molar refractivity (Wildman–Crippen MR) is 72.8 cm³/mol. The Morgan fingerprint density at radius 3 is 2.72 bits per heavy atom. The molecule has 3 N–H and O–H groups in total. The normalized spacial score (nSPS) is 15.4. The Labute approximate surface area is 108 Å². The van der Waals surface area contributed by atoms with Gasteiger partial charge in [0.25, 0.3) is 5.91 Å². The summed E-state index contributed by atoms with van der Waals surface area (Å²) in [6.07, 6.45) is 1.96. The molecule has 0 aliphatic carbocycles. The van der Waals surface area contributed by atoms with E-state index in [1.807, 2.05) is 18.9 Å². The van der Waals surface area contributed by atoms with Crippen LogP contribution >= 0.6 is 0 Å². The fourth-order valence-corrected chi connectivity index (χ4v) is 0.993. The van der Waals surface area contributed by atoms with E-state index in [0.717, 1.165) is 12.8 Å². The minimum atomic E-state index is -0.456. The van der Waals surface area contributed by atoms with Crippen molar-refractivity contribution < 1.29 is 9.90 Å². The summed E-state index contributed by atoms with van der Waals surface area (Å²) >= 11 is 0. The Bertz CT molecular complexity index is 291. The summed E-state index contributed by atoms with van der Waals surface area (Å²) in [5.41, 5.74) is 0. The van der Waals surface area contributed by atoms with Gasteiger partial charge in [-0.2, -0.15) is 0 Å². The number of aliphatic hydroxyl groups is 1. The fourth-order valence-electron chi connectivity index (χ4n) is 0.993. The quantitative estimate of drug-likeness (QED) is 0.297. The van der Waals surface area contributed by atoms with E-state index in [0.29, 0.717) is 6.54 Å². The molecule has 7 nitrogen and oxygen atoms in total. The van der Waals surface area contributed by atoms with Crippen LogP contribution in [0.5, 0.6) is 0 Å². The maximum Gasteiger partial charge on any atom is 0.262 e. The van der Waals surface area contributed by atoms with E-state index in [9.17, 15) is 9.90 Å². The molecule has 0 radical (unpaired) electrons. The van der Waals surface area contributed by atoms with Gasteiger partial charge in [-0.1, -0.05) is 0 Å². The summed E-state index contributed by atoms with van der Waals surface area (Å²) in [5, 5.41) is 14.8. The summed E-state index contributed by atoms with van der Waals surface area (Å²) in [6.45, 7) is 5.03. The lowest BCUT2D eigenvalue weighted by Gasteiger charge is -2.20. The first-order valence-electron chi connectivity index (χ1n) is 5.85. The van der Waals surface area contributed by atoms with Gasteiger partial charge >= 0.3 is 0 Å². The summed E-state index contributed by atoms with van der Waals surface area (Å²) in [7, 11) is 3.38. The standard InChI is InChI=1S/C11H23N5O2/c1-9(14-5-6-16(4)10(2)17)15-8-13-7-11(18)12-3/h7-10,14,17H,5-6H2,1-4H3,(H,12,18)/b13-7+,15-8-. The zero-order valence-corrected chi connectivity index (χ0v) is 11.4. The highest BCUT2D eigenvalue weighted by Crippen LogP contribution is 1.89. The molecule has 0 aromatic carbocycles. The third-order valence-corrected chi connectivity index (χ3v) is 2.34. The lowest BCUT2D eigenvalue weighted by atomic mass is 10.4. The minimum Gasteiger partial charge on any atom is -0.379 e. The molecule has 0 aliphatic heterocycles. The average Bonchev–Trinajstić information content (AvgIpc) is 2.33. The van der Waals surface area contributed by atoms with Crippen LogP contribution in [0, 0.1) is 0 Å². The Hall–Kier alpha value is -1.31. The van der Waals surface area contributed by atoms with Crippen molar-refractivity contribution in [1.82, 2.24) is 15.5 Å². The SMILES string of the molecule is CNC(=O)/C=N/C=N\C(C)NCCN(C)C(C)O. The number of carbonyl (C=O) groups excluding carboxylic acids is 1. The second-order valence-corrected chi connectivity index (χ2v) is 3.90. The van der Waals surface area contributed by atoms with Crippen LogP contribution in [0.15, 0.2) is 9.98 Å². The number of rotatable bonds is 8. The van der Waals surface area contributed by atoms with Crippen LogP contribution in [-0.2, 0) is 4.79 Å². The number of aliphatic hydroxyl groups excluding tert-OH is 1. The van der Waals surface area contributed by atoms with Crippen LogP contribution in [0.3, 0.4) is 0 Å². The van der Waals surface area contributed by atoms with Gasteiger partial charge in [0.05, 0.1) is 12.4 Å². The maximum absolute atomic E-state index is 10.8. The van der Waals surface area contributed by atoms with Crippen LogP contribution in [0.25, 0.3) is 0 Å². The van der Waals surface area contributed by atoms with Crippen molar-refractivity contribution in [2.75, 3.05) is 27.2 Å². The number of hydrogen-bond acceptors (Lipinski definition) is 5. The molecule has 0 heterocycles. The predicted octanol–water partition coefficient (Wildman–Crippen LogP) is -0.963. The lowest BCUT2D eigenvalue weighted by Crippen LogP contribution is -2.37. The number of nitrogens with one attached hydrogen (secondary N) is 2. The Morgan fingerprint density at radius 2 is 2.17 bits per heavy atom. The van der Waals surface area contributed by atoms with E-state index >= 15 is 0 Å². The van der Waals surface area contributed by atoms with Crippen molar-refractivity contribution in [3.05, 3.63) is 0 Å². The van der Waals surface area contributed by atoms with Gasteiger partial charge in [0.2, 0.25) is 0 Å². The lowest BCUT2D eigenvalue weighted by molar-refractivity contribution is -0.113. The topological polar surface area (TPSA) is 89.3 Å². The zero-order chi connectivity index (χ0) is 14.0. The van der Waals surface area contributed by atoms with Gasteiger partial charge in [0.15, 0.2) is 0 Å². The van der Waals surface area contributed by atoms with Gasteiger partial charge in [-0.15, -0.1) is 0 Å². The van der Waals surface area contributed by atoms with Gasteiger partial charge in [-0.3, -0.25) is 20.0 Å². The molecule has 0 bridgehead atoms. The Balaban J connectivity index is 3.77. The van der Waals surface area contributed by atoms with E-state index in [1.54, 1.807) is 6.92 Å². The van der Waals surface area contributed by atoms with Crippen molar-refractivity contribution in [3.8, 4) is 0 Å². The molecule has 0 aromatic heterocycles. The van der Waals surface area contributed by atoms with Crippen molar-refractivity contribution in [3.63, 3.8) is 0 Å². The van der Waals surface area contributed by atoms with Crippen molar-refractivity contribution in [2.45, 2.75) is 26.2 Å². The van der Waals surface area contributed by atoms with E-state index < -0.39 is 6.23 Å². The highest BCUT2D eigenvalue weighted by Gasteiger charge is 2.04. The first kappa shape index (κ1) is 16.7. The van der Waals surface area contributed by atoms with Gasteiger partial charge in [0, 0.05) is 20.1 Å². The summed E-state index contributed by atoms with van der Waals surface area (Å²) < 4.78 is 0. The third-order valence-electron chi connectivity index (χ3n) is 2.34. The molecule has 0 saturated heterocycles. The van der Waals surface area contributed by atoms with Crippen molar-refractivity contribution in [2.24, 2.45) is 9.98 Å². The molecule has 104 valence electrons. The molecule has 0 saturated carbocycles. The maximum atomic E-state index is 10.8. The zero-order valence-electron chi connectivity index (χ0n) is 11.4. The van der Waals surface area contributed by atoms with Crippen molar-refractivity contribution >= 4 is 18.5 Å². The molecule has 0 rings (SSSR count). The van der Waals surface area contributed by atoms with Crippen LogP contribution in [0.2, 0.25) is 0 Å². The van der Waals surface area contributed by atoms with Crippen molar-refractivity contribution in [1.29, 1.82) is 0 Å². The van der Waals surface area contributed by atoms with E-state index in [-0.39, 0.29) is 12.1 Å². The second kappa shape index (κ2) is 9.69. The number of hydrogen-bond donors (Lipinski definition) is 3. The fraction of sp³-hybridized carbons (Fsp3) is 0.727. The summed E-state index contributed by atoms with van der Waals surface area (Å²) in [4.78, 5) is 20.4. The molecule has 0 spiro atoms. The average molecular weight is 257 g/mol. The van der Waals surface area contributed by atoms with E-state index in [2.05, 4.69) is 20.6 Å². The van der Waals surface area contributed by atoms with E-state index in [4.69, 9.17) is 0 Å². The first-order valence-corrected chi connectivity index (χ1v) is 5.85. The van der Waals surface area contributed by atoms with Gasteiger partial charge in [-0.25, -0.2) is 4.99 Å². The van der Waals surface area contributed by atoms with Gasteiger partial charge < -0.3 is 10.4 Å². The molecule has 0 aromatic rings. The molecule has 0 aliphatic rings. The summed E-state index contributed by atoms with van der Waals surface area (Å²) in [6, 6.07) is 0. The molecular weight excluding hydrogens is 234 g/mol. The Kier molecular flexibility index (Phi) is 8.99. The van der Waals surface area contributed by atoms with Gasteiger partial charge in [-0.05, 0) is 20.9 Å². The molecule has 0 fully saturated rings. The molecule has 18 heavy (non-hydrogen) atoms. The first-order chi connectivity index (χ1) is 8.47. The number of likely N-dealkylation sites (N-methyl/N-ethyl adjacent to an activating group) is 1. The second-order valence-electron chi connectivity index (χ2n) is 3.90.